The zero-order valence-electron chi connectivity index (χ0n) is 17.5. The third kappa shape index (κ3) is 4.45. The summed E-state index contributed by atoms with van der Waals surface area (Å²) in [5.41, 5.74) is 3.90. The standard InChI is InChI=1S/C22H24N8O.ClH/c1-2-15(1)20-28-21(31-29-20)16-3-4-17-18(12-16)26-22(25-17)27-19-11-14(5-6-24-19)13-30-9-7-23-8-10-30;/h3-6,11-12,15,23H,1-2,7-10,13H2,(H2,24,25,26,27);1H. The summed E-state index contributed by atoms with van der Waals surface area (Å²) in [6, 6.07) is 10.1. The van der Waals surface area contributed by atoms with E-state index in [1.807, 2.05) is 24.4 Å². The number of halogens is 1. The number of fused-ring (bicyclic) bond motifs is 1. The summed E-state index contributed by atoms with van der Waals surface area (Å²) in [5.74, 6) is 3.27. The molecule has 1 saturated heterocycles. The molecular formula is C22H25ClN8O. The fourth-order valence-corrected chi connectivity index (χ4v) is 3.95. The van der Waals surface area contributed by atoms with E-state index < -0.39 is 0 Å². The second-order valence-corrected chi connectivity index (χ2v) is 8.25. The maximum absolute atomic E-state index is 5.45. The van der Waals surface area contributed by atoms with Crippen LogP contribution in [0.15, 0.2) is 41.1 Å². The van der Waals surface area contributed by atoms with Crippen molar-refractivity contribution < 1.29 is 4.52 Å². The van der Waals surface area contributed by atoms with Gasteiger partial charge in [-0.3, -0.25) is 4.90 Å². The van der Waals surface area contributed by atoms with Crippen LogP contribution >= 0.6 is 12.4 Å². The Morgan fingerprint density at radius 1 is 1.09 bits per heavy atom. The van der Waals surface area contributed by atoms with Gasteiger partial charge in [-0.1, -0.05) is 5.16 Å². The van der Waals surface area contributed by atoms with Gasteiger partial charge in [0.1, 0.15) is 5.82 Å². The molecule has 1 aliphatic carbocycles. The van der Waals surface area contributed by atoms with Crippen LogP contribution in [0.4, 0.5) is 11.8 Å². The minimum absolute atomic E-state index is 0. The number of hydrogen-bond acceptors (Lipinski definition) is 8. The normalized spacial score (nSPS) is 16.8. The molecule has 4 aromatic rings. The molecule has 0 amide bonds. The highest BCUT2D eigenvalue weighted by atomic mass is 35.5. The van der Waals surface area contributed by atoms with Gasteiger partial charge in [0.25, 0.3) is 5.89 Å². The molecule has 0 spiro atoms. The van der Waals surface area contributed by atoms with Gasteiger partial charge in [-0.05, 0) is 48.7 Å². The summed E-state index contributed by atoms with van der Waals surface area (Å²) in [6.45, 7) is 5.15. The van der Waals surface area contributed by atoms with E-state index in [9.17, 15) is 0 Å². The van der Waals surface area contributed by atoms with Gasteiger partial charge in [0.05, 0.1) is 11.0 Å². The van der Waals surface area contributed by atoms with Crippen LogP contribution in [-0.2, 0) is 6.54 Å². The molecule has 32 heavy (non-hydrogen) atoms. The number of aromatic amines is 1. The SMILES string of the molecule is Cl.c1cc(CN2CCNCC2)cc(Nc2nc3ccc(-c4nc(C5CC5)no4)cc3[nH]2)n1. The number of hydrogen-bond donors (Lipinski definition) is 3. The minimum atomic E-state index is 0. The number of anilines is 2. The van der Waals surface area contributed by atoms with Crippen molar-refractivity contribution in [2.24, 2.45) is 0 Å². The number of nitrogens with one attached hydrogen (secondary N) is 3. The average molecular weight is 453 g/mol. The maximum Gasteiger partial charge on any atom is 0.258 e. The molecular weight excluding hydrogens is 428 g/mol. The van der Waals surface area contributed by atoms with Gasteiger partial charge < -0.3 is 20.1 Å². The molecule has 0 radical (unpaired) electrons. The van der Waals surface area contributed by atoms with E-state index in [1.165, 1.54) is 5.56 Å². The van der Waals surface area contributed by atoms with Gasteiger partial charge in [-0.2, -0.15) is 4.98 Å². The fourth-order valence-electron chi connectivity index (χ4n) is 3.95. The Hall–Kier alpha value is -3.01. The lowest BCUT2D eigenvalue weighted by molar-refractivity contribution is 0.233. The van der Waals surface area contributed by atoms with E-state index >= 15 is 0 Å². The summed E-state index contributed by atoms with van der Waals surface area (Å²) in [4.78, 5) is 19.4. The second kappa shape index (κ2) is 8.85. The van der Waals surface area contributed by atoms with E-state index in [1.54, 1.807) is 0 Å². The number of nitrogens with zero attached hydrogens (tertiary/aromatic N) is 5. The Balaban J connectivity index is 0.00000216. The largest absolute Gasteiger partial charge is 0.334 e. The first-order valence-corrected chi connectivity index (χ1v) is 10.8. The van der Waals surface area contributed by atoms with E-state index in [2.05, 4.69) is 52.8 Å². The second-order valence-electron chi connectivity index (χ2n) is 8.25. The van der Waals surface area contributed by atoms with Crippen molar-refractivity contribution >= 4 is 35.2 Å². The summed E-state index contributed by atoms with van der Waals surface area (Å²) in [5, 5.41) is 10.8. The molecule has 0 bridgehead atoms. The molecule has 1 saturated carbocycles. The average Bonchev–Trinajstić information content (AvgIpc) is 3.38. The minimum Gasteiger partial charge on any atom is -0.334 e. The molecule has 0 atom stereocenters. The van der Waals surface area contributed by atoms with Gasteiger partial charge in [-0.25, -0.2) is 9.97 Å². The molecule has 3 N–H and O–H groups in total. The topological polar surface area (TPSA) is 108 Å². The number of piperazine rings is 1. The van der Waals surface area contributed by atoms with Gasteiger partial charge in [0.15, 0.2) is 5.82 Å². The molecule has 4 heterocycles. The van der Waals surface area contributed by atoms with Crippen LogP contribution in [0, 0.1) is 0 Å². The molecule has 6 rings (SSSR count). The molecule has 1 aliphatic heterocycles. The summed E-state index contributed by atoms with van der Waals surface area (Å²) < 4.78 is 5.45. The highest BCUT2D eigenvalue weighted by molar-refractivity contribution is 5.85. The van der Waals surface area contributed by atoms with Crippen molar-refractivity contribution in [3.8, 4) is 11.5 Å². The van der Waals surface area contributed by atoms with Crippen LogP contribution in [0.2, 0.25) is 0 Å². The predicted molar refractivity (Wildman–Crippen MR) is 124 cm³/mol. The summed E-state index contributed by atoms with van der Waals surface area (Å²) in [7, 11) is 0. The number of benzene rings is 1. The first-order valence-electron chi connectivity index (χ1n) is 10.8. The third-order valence-electron chi connectivity index (χ3n) is 5.80. The van der Waals surface area contributed by atoms with Crippen molar-refractivity contribution in [2.45, 2.75) is 25.3 Å². The number of rotatable bonds is 6. The summed E-state index contributed by atoms with van der Waals surface area (Å²) >= 11 is 0. The highest BCUT2D eigenvalue weighted by Gasteiger charge is 2.29. The lowest BCUT2D eigenvalue weighted by atomic mass is 10.2. The number of imidazole rings is 1. The van der Waals surface area contributed by atoms with Gasteiger partial charge in [-0.15, -0.1) is 12.4 Å². The fraction of sp³-hybridized carbons (Fsp3) is 0.364. The van der Waals surface area contributed by atoms with Gasteiger partial charge in [0.2, 0.25) is 5.95 Å². The van der Waals surface area contributed by atoms with Gasteiger partial charge >= 0.3 is 0 Å². The van der Waals surface area contributed by atoms with Crippen molar-refractivity contribution in [2.75, 3.05) is 31.5 Å². The van der Waals surface area contributed by atoms with Crippen LogP contribution in [0.25, 0.3) is 22.5 Å². The molecule has 2 fully saturated rings. The van der Waals surface area contributed by atoms with Crippen LogP contribution in [0.3, 0.4) is 0 Å². The molecule has 10 heteroatoms. The number of H-pyrrole nitrogens is 1. The lowest BCUT2D eigenvalue weighted by Gasteiger charge is -2.27. The van der Waals surface area contributed by atoms with Crippen molar-refractivity contribution in [3.63, 3.8) is 0 Å². The molecule has 3 aromatic heterocycles. The van der Waals surface area contributed by atoms with E-state index in [0.29, 0.717) is 17.8 Å². The Bertz CT molecular complexity index is 1210. The highest BCUT2D eigenvalue weighted by Crippen LogP contribution is 2.39. The Morgan fingerprint density at radius 3 is 2.81 bits per heavy atom. The van der Waals surface area contributed by atoms with Crippen molar-refractivity contribution in [1.82, 2.24) is 35.3 Å². The van der Waals surface area contributed by atoms with Crippen LogP contribution < -0.4 is 10.6 Å². The number of aromatic nitrogens is 5. The first-order chi connectivity index (χ1) is 15.3. The quantitative estimate of drug-likeness (QED) is 0.408. The molecule has 1 aromatic carbocycles. The smallest absolute Gasteiger partial charge is 0.258 e. The Kier molecular flexibility index (Phi) is 5.77. The Morgan fingerprint density at radius 2 is 1.97 bits per heavy atom. The van der Waals surface area contributed by atoms with Gasteiger partial charge in [0, 0.05) is 50.4 Å². The molecule has 9 nitrogen and oxygen atoms in total. The summed E-state index contributed by atoms with van der Waals surface area (Å²) in [6.07, 6.45) is 4.14. The van der Waals surface area contributed by atoms with E-state index in [-0.39, 0.29) is 12.4 Å². The number of pyridine rings is 1. The molecule has 2 aliphatic rings. The van der Waals surface area contributed by atoms with Crippen molar-refractivity contribution in [3.05, 3.63) is 47.9 Å². The Labute approximate surface area is 191 Å². The van der Waals surface area contributed by atoms with Crippen LogP contribution in [0.5, 0.6) is 0 Å². The molecule has 166 valence electrons. The van der Waals surface area contributed by atoms with E-state index in [0.717, 1.165) is 73.8 Å². The first kappa shape index (κ1) is 20.9. The lowest BCUT2D eigenvalue weighted by Crippen LogP contribution is -2.42. The monoisotopic (exact) mass is 452 g/mol. The predicted octanol–water partition coefficient (Wildman–Crippen LogP) is 3.46. The van der Waals surface area contributed by atoms with Crippen molar-refractivity contribution in [1.29, 1.82) is 0 Å². The maximum atomic E-state index is 5.45. The van der Waals surface area contributed by atoms with E-state index in [4.69, 9.17) is 4.52 Å². The van der Waals surface area contributed by atoms with Crippen LogP contribution in [-0.4, -0.2) is 56.2 Å². The zero-order valence-corrected chi connectivity index (χ0v) is 18.4. The third-order valence-corrected chi connectivity index (χ3v) is 5.80. The zero-order chi connectivity index (χ0) is 20.6. The van der Waals surface area contributed by atoms with Crippen LogP contribution in [0.1, 0.15) is 30.1 Å². The molecule has 0 unspecified atom stereocenters.